The molecule has 32 heavy (non-hydrogen) atoms. The Labute approximate surface area is 199 Å². The van der Waals surface area contributed by atoms with E-state index in [2.05, 4.69) is 13.8 Å². The highest BCUT2D eigenvalue weighted by atomic mass is 16.5. The second-order valence-electron chi connectivity index (χ2n) is 9.59. The lowest BCUT2D eigenvalue weighted by atomic mass is 10.0. The Morgan fingerprint density at radius 3 is 1.41 bits per heavy atom. The molecule has 0 aromatic heterocycles. The number of rotatable bonds is 25. The Bertz CT molecular complexity index is 422. The zero-order valence-corrected chi connectivity index (χ0v) is 21.5. The monoisotopic (exact) mass is 454 g/mol. The van der Waals surface area contributed by atoms with Crippen LogP contribution in [0, 0.1) is 0 Å². The fraction of sp³-hybridized carbons (Fsp3) is 0.929. The maximum absolute atomic E-state index is 12.2. The first kappa shape index (κ1) is 30.9. The highest BCUT2D eigenvalue weighted by Gasteiger charge is 2.15. The molecule has 4 nitrogen and oxygen atoms in total. The molecular formula is C28H54O4. The van der Waals surface area contributed by atoms with E-state index in [1.54, 1.807) is 0 Å². The number of unbranched alkanes of at least 4 members (excludes halogenated alkanes) is 17. The molecule has 1 atom stereocenters. The lowest BCUT2D eigenvalue weighted by molar-refractivity contribution is -0.151. The summed E-state index contributed by atoms with van der Waals surface area (Å²) in [7, 11) is 0. The standard InChI is InChI=1S/C28H54O4/c1-3-5-7-9-11-13-14-15-17-19-21-23-28(31)32-26(24-25-27(29)30)22-20-18-16-12-10-8-6-4-2/h26H,3-25H2,1-2H3,(H,29,30). The first-order valence-corrected chi connectivity index (χ1v) is 14.0. The van der Waals surface area contributed by atoms with E-state index in [1.165, 1.54) is 96.3 Å². The summed E-state index contributed by atoms with van der Waals surface area (Å²) in [5.74, 6) is -0.955. The van der Waals surface area contributed by atoms with Crippen LogP contribution in [0.4, 0.5) is 0 Å². The fourth-order valence-corrected chi connectivity index (χ4v) is 4.23. The van der Waals surface area contributed by atoms with Crippen LogP contribution in [0.5, 0.6) is 0 Å². The Morgan fingerprint density at radius 1 is 0.562 bits per heavy atom. The third kappa shape index (κ3) is 23.6. The molecule has 0 radical (unpaired) electrons. The molecule has 0 aliphatic rings. The topological polar surface area (TPSA) is 63.6 Å². The van der Waals surface area contributed by atoms with Crippen molar-refractivity contribution in [3.63, 3.8) is 0 Å². The summed E-state index contributed by atoms with van der Waals surface area (Å²) in [6.45, 7) is 4.49. The summed E-state index contributed by atoms with van der Waals surface area (Å²) in [5.41, 5.74) is 0. The Hall–Kier alpha value is -1.06. The number of carboxylic acids is 1. The number of esters is 1. The molecule has 0 heterocycles. The van der Waals surface area contributed by atoms with Crippen molar-refractivity contribution >= 4 is 11.9 Å². The number of aliphatic carboxylic acids is 1. The summed E-state index contributed by atoms with van der Waals surface area (Å²) in [6, 6.07) is 0. The molecule has 0 fully saturated rings. The van der Waals surface area contributed by atoms with Gasteiger partial charge in [0.05, 0.1) is 0 Å². The van der Waals surface area contributed by atoms with Gasteiger partial charge in [-0.05, 0) is 25.7 Å². The molecule has 0 aromatic carbocycles. The van der Waals surface area contributed by atoms with E-state index >= 15 is 0 Å². The van der Waals surface area contributed by atoms with Gasteiger partial charge in [0.15, 0.2) is 0 Å². The molecule has 0 amide bonds. The number of carbonyl (C=O) groups excluding carboxylic acids is 1. The second-order valence-corrected chi connectivity index (χ2v) is 9.59. The van der Waals surface area contributed by atoms with Crippen LogP contribution in [0.15, 0.2) is 0 Å². The van der Waals surface area contributed by atoms with E-state index < -0.39 is 5.97 Å². The van der Waals surface area contributed by atoms with Crippen molar-refractivity contribution in [2.45, 2.75) is 168 Å². The zero-order valence-electron chi connectivity index (χ0n) is 21.5. The number of hydrogen-bond acceptors (Lipinski definition) is 3. The van der Waals surface area contributed by atoms with Crippen LogP contribution in [0.2, 0.25) is 0 Å². The van der Waals surface area contributed by atoms with Crippen LogP contribution >= 0.6 is 0 Å². The van der Waals surface area contributed by atoms with Gasteiger partial charge in [-0.2, -0.15) is 0 Å². The predicted octanol–water partition coefficient (Wildman–Crippen LogP) is 8.99. The maximum atomic E-state index is 12.2. The van der Waals surface area contributed by atoms with E-state index in [9.17, 15) is 9.59 Å². The van der Waals surface area contributed by atoms with Gasteiger partial charge in [-0.3, -0.25) is 9.59 Å². The van der Waals surface area contributed by atoms with Gasteiger partial charge < -0.3 is 9.84 Å². The number of carboxylic acid groups (broad SMARTS) is 1. The van der Waals surface area contributed by atoms with Gasteiger partial charge in [-0.15, -0.1) is 0 Å². The minimum absolute atomic E-state index is 0.0768. The van der Waals surface area contributed by atoms with Crippen molar-refractivity contribution in [1.82, 2.24) is 0 Å². The summed E-state index contributed by atoms with van der Waals surface area (Å²) < 4.78 is 5.65. The Kier molecular flexibility index (Phi) is 23.8. The van der Waals surface area contributed by atoms with Crippen molar-refractivity contribution in [3.05, 3.63) is 0 Å². The lowest BCUT2D eigenvalue weighted by Gasteiger charge is -2.17. The van der Waals surface area contributed by atoms with Crippen molar-refractivity contribution in [2.24, 2.45) is 0 Å². The SMILES string of the molecule is CCCCCCCCCCCCCC(=O)OC(CCCCCCCCCC)CCC(=O)O. The van der Waals surface area contributed by atoms with Crippen molar-refractivity contribution < 1.29 is 19.4 Å². The van der Waals surface area contributed by atoms with Crippen LogP contribution in [-0.4, -0.2) is 23.1 Å². The average molecular weight is 455 g/mol. The predicted molar refractivity (Wildman–Crippen MR) is 135 cm³/mol. The smallest absolute Gasteiger partial charge is 0.306 e. The van der Waals surface area contributed by atoms with Crippen molar-refractivity contribution in [3.8, 4) is 0 Å². The van der Waals surface area contributed by atoms with Crippen molar-refractivity contribution in [2.75, 3.05) is 0 Å². The van der Waals surface area contributed by atoms with Crippen LogP contribution < -0.4 is 0 Å². The molecule has 0 saturated heterocycles. The highest BCUT2D eigenvalue weighted by molar-refractivity contribution is 5.69. The van der Waals surface area contributed by atoms with E-state index in [0.717, 1.165) is 32.1 Å². The van der Waals surface area contributed by atoms with Gasteiger partial charge in [0.1, 0.15) is 6.10 Å². The molecule has 190 valence electrons. The van der Waals surface area contributed by atoms with Crippen LogP contribution in [-0.2, 0) is 14.3 Å². The van der Waals surface area contributed by atoms with Gasteiger partial charge in [0, 0.05) is 12.8 Å². The van der Waals surface area contributed by atoms with Gasteiger partial charge in [-0.25, -0.2) is 0 Å². The number of carbonyl (C=O) groups is 2. The molecule has 0 aliphatic carbocycles. The first-order valence-electron chi connectivity index (χ1n) is 14.0. The average Bonchev–Trinajstić information content (AvgIpc) is 2.77. The van der Waals surface area contributed by atoms with E-state index in [0.29, 0.717) is 12.8 Å². The van der Waals surface area contributed by atoms with E-state index in [4.69, 9.17) is 9.84 Å². The number of hydrogen-bond donors (Lipinski definition) is 1. The summed E-state index contributed by atoms with van der Waals surface area (Å²) in [4.78, 5) is 23.2. The molecule has 1 N–H and O–H groups in total. The highest BCUT2D eigenvalue weighted by Crippen LogP contribution is 2.17. The van der Waals surface area contributed by atoms with Crippen LogP contribution in [0.3, 0.4) is 0 Å². The van der Waals surface area contributed by atoms with Gasteiger partial charge >= 0.3 is 11.9 Å². The third-order valence-corrected chi connectivity index (χ3v) is 6.34. The Morgan fingerprint density at radius 2 is 0.969 bits per heavy atom. The molecule has 0 spiro atoms. The molecule has 0 aliphatic heterocycles. The number of ether oxygens (including phenoxy) is 1. The summed E-state index contributed by atoms with van der Waals surface area (Å²) in [6.07, 6.45) is 25.3. The maximum Gasteiger partial charge on any atom is 0.306 e. The van der Waals surface area contributed by atoms with Crippen molar-refractivity contribution in [1.29, 1.82) is 0 Å². The lowest BCUT2D eigenvalue weighted by Crippen LogP contribution is -2.19. The Balaban J connectivity index is 3.80. The summed E-state index contributed by atoms with van der Waals surface area (Å²) in [5, 5.41) is 8.98. The van der Waals surface area contributed by atoms with Crippen LogP contribution in [0.25, 0.3) is 0 Å². The third-order valence-electron chi connectivity index (χ3n) is 6.34. The van der Waals surface area contributed by atoms with E-state index in [1.807, 2.05) is 0 Å². The molecule has 4 heteroatoms. The molecule has 0 bridgehead atoms. The normalized spacial score (nSPS) is 12.1. The summed E-state index contributed by atoms with van der Waals surface area (Å²) >= 11 is 0. The largest absolute Gasteiger partial charge is 0.481 e. The quantitative estimate of drug-likeness (QED) is 0.110. The molecule has 0 aromatic rings. The van der Waals surface area contributed by atoms with Gasteiger partial charge in [0.2, 0.25) is 0 Å². The van der Waals surface area contributed by atoms with Crippen LogP contribution in [0.1, 0.15) is 162 Å². The molecule has 1 unspecified atom stereocenters. The molecule has 0 rings (SSSR count). The minimum Gasteiger partial charge on any atom is -0.481 e. The zero-order chi connectivity index (χ0) is 23.7. The van der Waals surface area contributed by atoms with E-state index in [-0.39, 0.29) is 18.5 Å². The second kappa shape index (κ2) is 24.6. The van der Waals surface area contributed by atoms with Gasteiger partial charge in [-0.1, -0.05) is 123 Å². The van der Waals surface area contributed by atoms with Gasteiger partial charge in [0.25, 0.3) is 0 Å². The molecule has 0 saturated carbocycles. The first-order chi connectivity index (χ1) is 15.6. The fourth-order valence-electron chi connectivity index (χ4n) is 4.23. The molecular weight excluding hydrogens is 400 g/mol. The minimum atomic E-state index is -0.813.